The SMILES string of the molecule is C[C@@H](CC[C@@H]1CCCO1)NCc1cccc2c1OCCCO2. The Morgan fingerprint density at radius 3 is 2.95 bits per heavy atom. The van der Waals surface area contributed by atoms with Gasteiger partial charge in [0.1, 0.15) is 0 Å². The highest BCUT2D eigenvalue weighted by Crippen LogP contribution is 2.33. The third-order valence-electron chi connectivity index (χ3n) is 4.44. The van der Waals surface area contributed by atoms with Gasteiger partial charge in [0.15, 0.2) is 11.5 Å². The second kappa shape index (κ2) is 7.84. The summed E-state index contributed by atoms with van der Waals surface area (Å²) in [7, 11) is 0. The molecule has 122 valence electrons. The highest BCUT2D eigenvalue weighted by atomic mass is 16.5. The normalized spacial score (nSPS) is 22.3. The molecular weight excluding hydrogens is 278 g/mol. The lowest BCUT2D eigenvalue weighted by molar-refractivity contribution is 0.100. The molecule has 0 saturated carbocycles. The van der Waals surface area contributed by atoms with Crippen LogP contribution < -0.4 is 14.8 Å². The van der Waals surface area contributed by atoms with Gasteiger partial charge in [0, 0.05) is 31.2 Å². The van der Waals surface area contributed by atoms with Gasteiger partial charge in [0.25, 0.3) is 0 Å². The first kappa shape index (κ1) is 15.6. The summed E-state index contributed by atoms with van der Waals surface area (Å²) in [5, 5.41) is 3.60. The lowest BCUT2D eigenvalue weighted by Crippen LogP contribution is -2.27. The Labute approximate surface area is 133 Å². The number of ether oxygens (including phenoxy) is 3. The van der Waals surface area contributed by atoms with Crippen molar-refractivity contribution in [2.24, 2.45) is 0 Å². The van der Waals surface area contributed by atoms with E-state index in [1.807, 2.05) is 12.1 Å². The molecule has 2 heterocycles. The van der Waals surface area contributed by atoms with Gasteiger partial charge < -0.3 is 19.5 Å². The summed E-state index contributed by atoms with van der Waals surface area (Å²) >= 11 is 0. The Morgan fingerprint density at radius 2 is 2.09 bits per heavy atom. The number of hydrogen-bond acceptors (Lipinski definition) is 4. The summed E-state index contributed by atoms with van der Waals surface area (Å²) in [6, 6.07) is 6.63. The molecule has 1 N–H and O–H groups in total. The van der Waals surface area contributed by atoms with Gasteiger partial charge in [-0.3, -0.25) is 0 Å². The van der Waals surface area contributed by atoms with Crippen LogP contribution in [-0.2, 0) is 11.3 Å². The second-order valence-electron chi connectivity index (χ2n) is 6.29. The molecule has 0 unspecified atom stereocenters. The molecule has 0 spiro atoms. The van der Waals surface area contributed by atoms with Crippen LogP contribution in [0.1, 0.15) is 44.6 Å². The molecule has 22 heavy (non-hydrogen) atoms. The first-order chi connectivity index (χ1) is 10.8. The van der Waals surface area contributed by atoms with Gasteiger partial charge in [-0.05, 0) is 38.7 Å². The monoisotopic (exact) mass is 305 g/mol. The van der Waals surface area contributed by atoms with Crippen molar-refractivity contribution in [1.29, 1.82) is 0 Å². The lowest BCUT2D eigenvalue weighted by Gasteiger charge is -2.18. The standard InChI is InChI=1S/C18H27NO3/c1-14(8-9-16-6-3-10-20-16)19-13-15-5-2-7-17-18(15)22-12-4-11-21-17/h2,5,7,14,16,19H,3-4,6,8-13H2,1H3/t14-,16-/m0/s1. The van der Waals surface area contributed by atoms with E-state index in [1.165, 1.54) is 18.4 Å². The second-order valence-corrected chi connectivity index (χ2v) is 6.29. The van der Waals surface area contributed by atoms with Gasteiger partial charge in [-0.15, -0.1) is 0 Å². The smallest absolute Gasteiger partial charge is 0.165 e. The number of nitrogens with one attached hydrogen (secondary N) is 1. The minimum atomic E-state index is 0.478. The number of hydrogen-bond donors (Lipinski definition) is 1. The van der Waals surface area contributed by atoms with E-state index in [0.717, 1.165) is 57.1 Å². The minimum absolute atomic E-state index is 0.478. The maximum atomic E-state index is 5.87. The van der Waals surface area contributed by atoms with Gasteiger partial charge in [-0.2, -0.15) is 0 Å². The van der Waals surface area contributed by atoms with E-state index in [9.17, 15) is 0 Å². The Balaban J connectivity index is 1.50. The zero-order valence-electron chi connectivity index (χ0n) is 13.5. The minimum Gasteiger partial charge on any atom is -0.490 e. The first-order valence-electron chi connectivity index (χ1n) is 8.55. The topological polar surface area (TPSA) is 39.7 Å². The van der Waals surface area contributed by atoms with Crippen molar-refractivity contribution < 1.29 is 14.2 Å². The third kappa shape index (κ3) is 4.14. The molecule has 3 rings (SSSR count). The molecule has 0 aromatic heterocycles. The molecule has 0 amide bonds. The van der Waals surface area contributed by atoms with Crippen LogP contribution in [0.3, 0.4) is 0 Å². The zero-order valence-corrected chi connectivity index (χ0v) is 13.5. The van der Waals surface area contributed by atoms with Crippen LogP contribution in [0.2, 0.25) is 0 Å². The third-order valence-corrected chi connectivity index (χ3v) is 4.44. The first-order valence-corrected chi connectivity index (χ1v) is 8.55. The average molecular weight is 305 g/mol. The average Bonchev–Trinajstić information content (AvgIpc) is 2.94. The van der Waals surface area contributed by atoms with Gasteiger partial charge in [0.2, 0.25) is 0 Å². The van der Waals surface area contributed by atoms with Crippen LogP contribution in [-0.4, -0.2) is 32.0 Å². The van der Waals surface area contributed by atoms with Crippen molar-refractivity contribution in [3.05, 3.63) is 23.8 Å². The van der Waals surface area contributed by atoms with Crippen molar-refractivity contribution in [2.45, 2.75) is 57.7 Å². The fourth-order valence-electron chi connectivity index (χ4n) is 3.09. The number of benzene rings is 1. The van der Waals surface area contributed by atoms with Crippen LogP contribution in [0.4, 0.5) is 0 Å². The Morgan fingerprint density at radius 1 is 1.18 bits per heavy atom. The molecule has 1 aromatic carbocycles. The maximum Gasteiger partial charge on any atom is 0.165 e. The molecule has 1 fully saturated rings. The summed E-state index contributed by atoms with van der Waals surface area (Å²) in [6.07, 6.45) is 6.18. The molecule has 1 aromatic rings. The molecule has 2 aliphatic heterocycles. The predicted molar refractivity (Wildman–Crippen MR) is 86.6 cm³/mol. The van der Waals surface area contributed by atoms with Crippen molar-refractivity contribution in [3.63, 3.8) is 0 Å². The number of para-hydroxylation sites is 1. The molecule has 4 heteroatoms. The summed E-state index contributed by atoms with van der Waals surface area (Å²) in [6.45, 7) is 5.48. The molecule has 0 radical (unpaired) electrons. The quantitative estimate of drug-likeness (QED) is 0.875. The van der Waals surface area contributed by atoms with E-state index in [4.69, 9.17) is 14.2 Å². The lowest BCUT2D eigenvalue weighted by atomic mass is 10.1. The van der Waals surface area contributed by atoms with Gasteiger partial charge >= 0.3 is 0 Å². The van der Waals surface area contributed by atoms with Gasteiger partial charge in [-0.25, -0.2) is 0 Å². The largest absolute Gasteiger partial charge is 0.490 e. The highest BCUT2D eigenvalue weighted by molar-refractivity contribution is 5.47. The fraction of sp³-hybridized carbons (Fsp3) is 0.667. The van der Waals surface area contributed by atoms with Gasteiger partial charge in [-0.1, -0.05) is 12.1 Å². The zero-order chi connectivity index (χ0) is 15.2. The molecule has 0 bridgehead atoms. The van der Waals surface area contributed by atoms with E-state index in [0.29, 0.717) is 12.1 Å². The molecule has 0 aliphatic carbocycles. The van der Waals surface area contributed by atoms with Crippen LogP contribution >= 0.6 is 0 Å². The van der Waals surface area contributed by atoms with Crippen molar-refractivity contribution in [3.8, 4) is 11.5 Å². The summed E-state index contributed by atoms with van der Waals surface area (Å²) in [5.41, 5.74) is 1.18. The van der Waals surface area contributed by atoms with Crippen LogP contribution in [0, 0.1) is 0 Å². The molecule has 2 aliphatic rings. The van der Waals surface area contributed by atoms with E-state index in [1.54, 1.807) is 0 Å². The van der Waals surface area contributed by atoms with E-state index in [-0.39, 0.29) is 0 Å². The Kier molecular flexibility index (Phi) is 5.57. The van der Waals surface area contributed by atoms with E-state index in [2.05, 4.69) is 18.3 Å². The molecule has 2 atom stereocenters. The fourth-order valence-corrected chi connectivity index (χ4v) is 3.09. The van der Waals surface area contributed by atoms with Crippen molar-refractivity contribution >= 4 is 0 Å². The molecule has 1 saturated heterocycles. The number of fused-ring (bicyclic) bond motifs is 1. The summed E-state index contributed by atoms with van der Waals surface area (Å²) < 4.78 is 17.3. The Hall–Kier alpha value is -1.26. The highest BCUT2D eigenvalue weighted by Gasteiger charge is 2.17. The van der Waals surface area contributed by atoms with Gasteiger partial charge in [0.05, 0.1) is 19.3 Å². The van der Waals surface area contributed by atoms with E-state index < -0.39 is 0 Å². The summed E-state index contributed by atoms with van der Waals surface area (Å²) in [4.78, 5) is 0. The maximum absolute atomic E-state index is 5.87. The Bertz CT molecular complexity index is 471. The number of rotatable bonds is 6. The predicted octanol–water partition coefficient (Wildman–Crippen LogP) is 3.29. The van der Waals surface area contributed by atoms with Crippen molar-refractivity contribution in [1.82, 2.24) is 5.32 Å². The molecular formula is C18H27NO3. The van der Waals surface area contributed by atoms with Crippen LogP contribution in [0.25, 0.3) is 0 Å². The van der Waals surface area contributed by atoms with Crippen LogP contribution in [0.15, 0.2) is 18.2 Å². The summed E-state index contributed by atoms with van der Waals surface area (Å²) in [5.74, 6) is 1.79. The van der Waals surface area contributed by atoms with Crippen LogP contribution in [0.5, 0.6) is 11.5 Å². The van der Waals surface area contributed by atoms with Crippen molar-refractivity contribution in [2.75, 3.05) is 19.8 Å². The van der Waals surface area contributed by atoms with E-state index >= 15 is 0 Å². The molecule has 4 nitrogen and oxygen atoms in total.